The molecule has 1 atom stereocenters. The summed E-state index contributed by atoms with van der Waals surface area (Å²) in [6.07, 6.45) is 1.32. The molecule has 0 radical (unpaired) electrons. The smallest absolute Gasteiger partial charge is 0.0204 e. The van der Waals surface area contributed by atoms with Crippen LogP contribution in [0.1, 0.15) is 20.3 Å². The summed E-state index contributed by atoms with van der Waals surface area (Å²) in [5, 5.41) is 3.33. The zero-order valence-corrected chi connectivity index (χ0v) is 7.93. The predicted molar refractivity (Wildman–Crippen MR) is 48.7 cm³/mol. The van der Waals surface area contributed by atoms with Crippen LogP contribution in [0.5, 0.6) is 0 Å². The maximum Gasteiger partial charge on any atom is 0.0204 e. The third-order valence-electron chi connectivity index (χ3n) is 2.30. The Kier molecular flexibility index (Phi) is 3.34. The van der Waals surface area contributed by atoms with Gasteiger partial charge >= 0.3 is 0 Å². The lowest BCUT2D eigenvalue weighted by Gasteiger charge is -2.17. The van der Waals surface area contributed by atoms with Crippen LogP contribution < -0.4 is 5.32 Å². The average molecular weight is 156 g/mol. The van der Waals surface area contributed by atoms with Gasteiger partial charge in [0.15, 0.2) is 0 Å². The molecule has 1 N–H and O–H groups in total. The van der Waals surface area contributed by atoms with Crippen LogP contribution in [0.25, 0.3) is 0 Å². The molecular formula is C9H20N2. The molecule has 0 bridgehead atoms. The molecule has 1 aliphatic rings. The lowest BCUT2D eigenvalue weighted by atomic mass is 10.2. The predicted octanol–water partition coefficient (Wildman–Crippen LogP) is 0.936. The van der Waals surface area contributed by atoms with Crippen molar-refractivity contribution in [2.24, 2.45) is 5.92 Å². The number of hydrogen-bond acceptors (Lipinski definition) is 2. The summed E-state index contributed by atoms with van der Waals surface area (Å²) in [4.78, 5) is 2.55. The molecule has 1 saturated heterocycles. The Balaban J connectivity index is 2.19. The average Bonchev–Trinajstić information content (AvgIpc) is 2.34. The van der Waals surface area contributed by atoms with E-state index in [1.54, 1.807) is 0 Å². The van der Waals surface area contributed by atoms with Crippen molar-refractivity contribution in [3.63, 3.8) is 0 Å². The molecule has 1 fully saturated rings. The first kappa shape index (κ1) is 9.01. The van der Waals surface area contributed by atoms with Gasteiger partial charge in [0, 0.05) is 19.1 Å². The molecule has 2 nitrogen and oxygen atoms in total. The van der Waals surface area contributed by atoms with E-state index >= 15 is 0 Å². The lowest BCUT2D eigenvalue weighted by Crippen LogP contribution is -2.31. The lowest BCUT2D eigenvalue weighted by molar-refractivity contribution is 0.292. The van der Waals surface area contributed by atoms with E-state index in [4.69, 9.17) is 0 Å². The summed E-state index contributed by atoms with van der Waals surface area (Å²) in [5.74, 6) is 0.811. The fourth-order valence-corrected chi connectivity index (χ4v) is 1.75. The Hall–Kier alpha value is -0.0800. The van der Waals surface area contributed by atoms with Crippen LogP contribution in [-0.2, 0) is 0 Å². The first-order chi connectivity index (χ1) is 5.22. The first-order valence-electron chi connectivity index (χ1n) is 4.62. The Bertz CT molecular complexity index is 112. The van der Waals surface area contributed by atoms with E-state index in [0.717, 1.165) is 12.0 Å². The summed E-state index contributed by atoms with van der Waals surface area (Å²) in [6, 6.07) is 0.744. The van der Waals surface area contributed by atoms with Crippen LogP contribution in [0.3, 0.4) is 0 Å². The van der Waals surface area contributed by atoms with Crippen LogP contribution in [0.15, 0.2) is 0 Å². The van der Waals surface area contributed by atoms with E-state index in [1.165, 1.54) is 26.1 Å². The molecule has 0 unspecified atom stereocenters. The van der Waals surface area contributed by atoms with Crippen molar-refractivity contribution in [2.75, 3.05) is 26.7 Å². The fourth-order valence-electron chi connectivity index (χ4n) is 1.75. The molecule has 1 rings (SSSR count). The normalized spacial score (nSPS) is 26.7. The molecule has 1 aliphatic heterocycles. The second kappa shape index (κ2) is 4.07. The molecule has 1 heterocycles. The quantitative estimate of drug-likeness (QED) is 0.654. The van der Waals surface area contributed by atoms with E-state index in [9.17, 15) is 0 Å². The Morgan fingerprint density at radius 2 is 2.27 bits per heavy atom. The zero-order valence-electron chi connectivity index (χ0n) is 7.93. The Morgan fingerprint density at radius 3 is 2.73 bits per heavy atom. The van der Waals surface area contributed by atoms with Gasteiger partial charge in [-0.15, -0.1) is 0 Å². The molecule has 0 aromatic carbocycles. The summed E-state index contributed by atoms with van der Waals surface area (Å²) < 4.78 is 0. The maximum absolute atomic E-state index is 3.33. The number of likely N-dealkylation sites (tertiary alicyclic amines) is 1. The number of nitrogens with zero attached hydrogens (tertiary/aromatic N) is 1. The topological polar surface area (TPSA) is 15.3 Å². The van der Waals surface area contributed by atoms with Crippen LogP contribution in [0.2, 0.25) is 0 Å². The van der Waals surface area contributed by atoms with Crippen LogP contribution in [0.4, 0.5) is 0 Å². The van der Waals surface area contributed by atoms with Gasteiger partial charge in [-0.25, -0.2) is 0 Å². The van der Waals surface area contributed by atoms with E-state index in [-0.39, 0.29) is 0 Å². The number of rotatable bonds is 3. The highest BCUT2D eigenvalue weighted by atomic mass is 15.2. The third-order valence-corrected chi connectivity index (χ3v) is 2.30. The van der Waals surface area contributed by atoms with Gasteiger partial charge in [-0.05, 0) is 25.9 Å². The Labute approximate surface area is 70.0 Å². The third kappa shape index (κ3) is 2.80. The van der Waals surface area contributed by atoms with Gasteiger partial charge in [0.1, 0.15) is 0 Å². The molecule has 0 aromatic rings. The second-order valence-electron chi connectivity index (χ2n) is 3.93. The van der Waals surface area contributed by atoms with Crippen molar-refractivity contribution in [1.82, 2.24) is 10.2 Å². The summed E-state index contributed by atoms with van der Waals surface area (Å²) >= 11 is 0. The van der Waals surface area contributed by atoms with E-state index in [1.807, 2.05) is 0 Å². The molecule has 0 aromatic heterocycles. The highest BCUT2D eigenvalue weighted by Crippen LogP contribution is 2.10. The van der Waals surface area contributed by atoms with Gasteiger partial charge in [-0.1, -0.05) is 13.8 Å². The minimum absolute atomic E-state index is 0.744. The fraction of sp³-hybridized carbons (Fsp3) is 1.00. The van der Waals surface area contributed by atoms with Crippen molar-refractivity contribution in [3.05, 3.63) is 0 Å². The van der Waals surface area contributed by atoms with Gasteiger partial charge in [-0.3, -0.25) is 0 Å². The van der Waals surface area contributed by atoms with Gasteiger partial charge in [-0.2, -0.15) is 0 Å². The monoisotopic (exact) mass is 156 g/mol. The molecule has 0 spiro atoms. The van der Waals surface area contributed by atoms with Crippen LogP contribution in [-0.4, -0.2) is 37.6 Å². The van der Waals surface area contributed by atoms with Crippen LogP contribution >= 0.6 is 0 Å². The Morgan fingerprint density at radius 1 is 1.55 bits per heavy atom. The molecule has 0 saturated carbocycles. The molecular weight excluding hydrogens is 136 g/mol. The molecule has 2 heteroatoms. The number of likely N-dealkylation sites (N-methyl/N-ethyl adjacent to an activating group) is 1. The highest BCUT2D eigenvalue weighted by molar-refractivity contribution is 4.79. The minimum atomic E-state index is 0.744. The van der Waals surface area contributed by atoms with Gasteiger partial charge in [0.2, 0.25) is 0 Å². The maximum atomic E-state index is 3.33. The standard InChI is InChI=1S/C9H20N2/c1-8(2)6-11-5-4-9(7-11)10-3/h8-10H,4-7H2,1-3H3/t9-/m1/s1. The molecule has 11 heavy (non-hydrogen) atoms. The SMILES string of the molecule is CN[C@@H]1CCN(CC(C)C)C1. The van der Waals surface area contributed by atoms with E-state index in [0.29, 0.717) is 0 Å². The molecule has 0 aliphatic carbocycles. The van der Waals surface area contributed by atoms with Crippen molar-refractivity contribution in [3.8, 4) is 0 Å². The van der Waals surface area contributed by atoms with E-state index in [2.05, 4.69) is 31.1 Å². The first-order valence-corrected chi connectivity index (χ1v) is 4.62. The van der Waals surface area contributed by atoms with Crippen LogP contribution in [0, 0.1) is 5.92 Å². The molecule has 66 valence electrons. The largest absolute Gasteiger partial charge is 0.316 e. The molecule has 0 amide bonds. The zero-order chi connectivity index (χ0) is 8.27. The summed E-state index contributed by atoms with van der Waals surface area (Å²) in [6.45, 7) is 8.36. The summed E-state index contributed by atoms with van der Waals surface area (Å²) in [5.41, 5.74) is 0. The minimum Gasteiger partial charge on any atom is -0.316 e. The number of nitrogens with one attached hydrogen (secondary N) is 1. The number of hydrogen-bond donors (Lipinski definition) is 1. The highest BCUT2D eigenvalue weighted by Gasteiger charge is 2.20. The van der Waals surface area contributed by atoms with Crippen molar-refractivity contribution >= 4 is 0 Å². The van der Waals surface area contributed by atoms with Crippen molar-refractivity contribution in [2.45, 2.75) is 26.3 Å². The van der Waals surface area contributed by atoms with E-state index < -0.39 is 0 Å². The van der Waals surface area contributed by atoms with Gasteiger partial charge < -0.3 is 10.2 Å². The summed E-state index contributed by atoms with van der Waals surface area (Å²) in [7, 11) is 2.06. The van der Waals surface area contributed by atoms with Gasteiger partial charge in [0.25, 0.3) is 0 Å². The van der Waals surface area contributed by atoms with Crippen molar-refractivity contribution < 1.29 is 0 Å². The van der Waals surface area contributed by atoms with Gasteiger partial charge in [0.05, 0.1) is 0 Å². The second-order valence-corrected chi connectivity index (χ2v) is 3.93. The van der Waals surface area contributed by atoms with Crippen molar-refractivity contribution in [1.29, 1.82) is 0 Å².